The van der Waals surface area contributed by atoms with E-state index in [0.717, 1.165) is 64.5 Å². The molecule has 1 aromatic rings. The van der Waals surface area contributed by atoms with E-state index in [2.05, 4.69) is 28.5 Å². The van der Waals surface area contributed by atoms with Crippen LogP contribution in [0.5, 0.6) is 0 Å². The predicted molar refractivity (Wildman–Crippen MR) is 101 cm³/mol. The second-order valence-corrected chi connectivity index (χ2v) is 7.61. The molecule has 0 aliphatic carbocycles. The van der Waals surface area contributed by atoms with Crippen LogP contribution >= 0.6 is 0 Å². The molecule has 1 N–H and O–H groups in total. The van der Waals surface area contributed by atoms with Crippen molar-refractivity contribution in [3.63, 3.8) is 0 Å². The normalized spacial score (nSPS) is 25.4. The zero-order valence-corrected chi connectivity index (χ0v) is 15.7. The molecular formula is C20H33N3O2. The molecule has 0 bridgehead atoms. The average molecular weight is 348 g/mol. The maximum atomic E-state index is 10.4. The number of hydrogen-bond acceptors (Lipinski definition) is 5. The minimum Gasteiger partial charge on any atom is -0.387 e. The van der Waals surface area contributed by atoms with Crippen LogP contribution < -0.4 is 0 Å². The van der Waals surface area contributed by atoms with Crippen LogP contribution in [-0.4, -0.2) is 90.9 Å². The number of hydrogen-bond donors (Lipinski definition) is 1. The highest BCUT2D eigenvalue weighted by molar-refractivity contribution is 5.17. The monoisotopic (exact) mass is 347 g/mol. The Morgan fingerprint density at radius 2 is 1.72 bits per heavy atom. The topological polar surface area (TPSA) is 39.2 Å². The van der Waals surface area contributed by atoms with E-state index in [-0.39, 0.29) is 0 Å². The minimum absolute atomic E-state index is 0.331. The van der Waals surface area contributed by atoms with Crippen LogP contribution in [0.25, 0.3) is 0 Å². The standard InChI is InChI=1S/C20H33N3O2/c1-17(2)23-12-13-25-19(15-23)14-21-8-10-22(11-9-21)16-20(24)18-6-4-3-5-7-18/h3-7,17,19-20,24H,8-16H2,1-2H3/t19-,20+/m0/s1. The molecule has 0 amide bonds. The van der Waals surface area contributed by atoms with Crippen LogP contribution in [0.4, 0.5) is 0 Å². The summed E-state index contributed by atoms with van der Waals surface area (Å²) >= 11 is 0. The number of aliphatic hydroxyl groups excluding tert-OH is 1. The SMILES string of the molecule is CC(C)N1CCO[C@@H](CN2CCN(C[C@@H](O)c3ccccc3)CC2)C1. The summed E-state index contributed by atoms with van der Waals surface area (Å²) in [5, 5.41) is 10.4. The molecule has 3 rings (SSSR count). The molecule has 2 aliphatic rings. The highest BCUT2D eigenvalue weighted by Crippen LogP contribution is 2.16. The Kier molecular flexibility index (Phi) is 6.84. The van der Waals surface area contributed by atoms with Crippen molar-refractivity contribution in [2.24, 2.45) is 0 Å². The number of ether oxygens (including phenoxy) is 1. The molecule has 2 atom stereocenters. The van der Waals surface area contributed by atoms with Crippen molar-refractivity contribution in [1.29, 1.82) is 0 Å². The summed E-state index contributed by atoms with van der Waals surface area (Å²) in [5.41, 5.74) is 1.01. The van der Waals surface area contributed by atoms with Crippen LogP contribution in [0.15, 0.2) is 30.3 Å². The number of benzene rings is 1. The van der Waals surface area contributed by atoms with E-state index < -0.39 is 6.10 Å². The molecule has 5 nitrogen and oxygen atoms in total. The van der Waals surface area contributed by atoms with E-state index in [1.54, 1.807) is 0 Å². The van der Waals surface area contributed by atoms with Crippen molar-refractivity contribution in [3.8, 4) is 0 Å². The van der Waals surface area contributed by atoms with Gasteiger partial charge in [0.25, 0.3) is 0 Å². The molecule has 2 fully saturated rings. The number of aliphatic hydroxyl groups is 1. The summed E-state index contributed by atoms with van der Waals surface area (Å²) in [6.45, 7) is 13.4. The Bertz CT molecular complexity index is 503. The summed E-state index contributed by atoms with van der Waals surface area (Å²) in [6, 6.07) is 10.6. The van der Waals surface area contributed by atoms with Gasteiger partial charge in [-0.05, 0) is 19.4 Å². The van der Waals surface area contributed by atoms with Gasteiger partial charge in [0.05, 0.1) is 18.8 Å². The number of β-amino-alcohol motifs (C(OH)–C–C–N with tert-alkyl or cyclic N) is 1. The molecular weight excluding hydrogens is 314 g/mol. The van der Waals surface area contributed by atoms with Crippen molar-refractivity contribution in [2.75, 3.05) is 59.0 Å². The average Bonchev–Trinajstić information content (AvgIpc) is 2.64. The molecule has 140 valence electrons. The zero-order valence-electron chi connectivity index (χ0n) is 15.7. The molecule has 2 heterocycles. The molecule has 0 aromatic heterocycles. The Hall–Kier alpha value is -0.980. The summed E-state index contributed by atoms with van der Waals surface area (Å²) in [7, 11) is 0. The van der Waals surface area contributed by atoms with Crippen LogP contribution in [0.1, 0.15) is 25.5 Å². The fourth-order valence-electron chi connectivity index (χ4n) is 3.79. The van der Waals surface area contributed by atoms with Gasteiger partial charge in [-0.25, -0.2) is 0 Å². The van der Waals surface area contributed by atoms with Gasteiger partial charge in [-0.15, -0.1) is 0 Å². The summed E-state index contributed by atoms with van der Waals surface area (Å²) in [6.07, 6.45) is -0.0633. The van der Waals surface area contributed by atoms with E-state index in [1.165, 1.54) is 0 Å². The first-order chi connectivity index (χ1) is 12.1. The second-order valence-electron chi connectivity index (χ2n) is 7.61. The smallest absolute Gasteiger partial charge is 0.0916 e. The van der Waals surface area contributed by atoms with E-state index >= 15 is 0 Å². The maximum Gasteiger partial charge on any atom is 0.0916 e. The van der Waals surface area contributed by atoms with Crippen molar-refractivity contribution in [3.05, 3.63) is 35.9 Å². The van der Waals surface area contributed by atoms with Crippen molar-refractivity contribution in [1.82, 2.24) is 14.7 Å². The Labute approximate surface area is 152 Å². The first kappa shape index (κ1) is 18.8. The lowest BCUT2D eigenvalue weighted by atomic mass is 10.1. The Morgan fingerprint density at radius 3 is 2.40 bits per heavy atom. The van der Waals surface area contributed by atoms with Crippen molar-refractivity contribution >= 4 is 0 Å². The van der Waals surface area contributed by atoms with Crippen LogP contribution in [0, 0.1) is 0 Å². The lowest BCUT2D eigenvalue weighted by molar-refractivity contribution is -0.0573. The van der Waals surface area contributed by atoms with Gasteiger partial charge in [0, 0.05) is 58.4 Å². The molecule has 2 saturated heterocycles. The highest BCUT2D eigenvalue weighted by Gasteiger charge is 2.26. The quantitative estimate of drug-likeness (QED) is 0.843. The highest BCUT2D eigenvalue weighted by atomic mass is 16.5. The van der Waals surface area contributed by atoms with Gasteiger partial charge in [-0.3, -0.25) is 14.7 Å². The maximum absolute atomic E-state index is 10.4. The van der Waals surface area contributed by atoms with Gasteiger partial charge in [0.1, 0.15) is 0 Å². The predicted octanol–water partition coefficient (Wildman–Crippen LogP) is 1.45. The third kappa shape index (κ3) is 5.50. The van der Waals surface area contributed by atoms with Gasteiger partial charge in [0.2, 0.25) is 0 Å². The third-order valence-corrected chi connectivity index (χ3v) is 5.44. The Balaban J connectivity index is 1.40. The minimum atomic E-state index is -0.394. The van der Waals surface area contributed by atoms with E-state index in [0.29, 0.717) is 12.1 Å². The number of rotatable bonds is 6. The zero-order chi connectivity index (χ0) is 17.6. The van der Waals surface area contributed by atoms with E-state index in [4.69, 9.17) is 4.74 Å². The molecule has 25 heavy (non-hydrogen) atoms. The van der Waals surface area contributed by atoms with Gasteiger partial charge >= 0.3 is 0 Å². The molecule has 0 unspecified atom stereocenters. The molecule has 2 aliphatic heterocycles. The molecule has 1 aromatic carbocycles. The largest absolute Gasteiger partial charge is 0.387 e. The van der Waals surface area contributed by atoms with Gasteiger partial charge in [-0.1, -0.05) is 30.3 Å². The fourth-order valence-corrected chi connectivity index (χ4v) is 3.79. The van der Waals surface area contributed by atoms with Gasteiger partial charge in [0.15, 0.2) is 0 Å². The summed E-state index contributed by atoms with van der Waals surface area (Å²) in [5.74, 6) is 0. The van der Waals surface area contributed by atoms with Crippen LogP contribution in [-0.2, 0) is 4.74 Å². The molecule has 0 saturated carbocycles. The summed E-state index contributed by atoms with van der Waals surface area (Å²) < 4.78 is 5.97. The number of nitrogens with zero attached hydrogens (tertiary/aromatic N) is 3. The Morgan fingerprint density at radius 1 is 1.04 bits per heavy atom. The molecule has 0 spiro atoms. The lowest BCUT2D eigenvalue weighted by Gasteiger charge is -2.40. The van der Waals surface area contributed by atoms with Crippen LogP contribution in [0.3, 0.4) is 0 Å². The second kappa shape index (κ2) is 9.10. The lowest BCUT2D eigenvalue weighted by Crippen LogP contribution is -2.53. The third-order valence-electron chi connectivity index (χ3n) is 5.44. The fraction of sp³-hybridized carbons (Fsp3) is 0.700. The first-order valence-electron chi connectivity index (χ1n) is 9.65. The summed E-state index contributed by atoms with van der Waals surface area (Å²) in [4.78, 5) is 7.40. The molecule has 5 heteroatoms. The van der Waals surface area contributed by atoms with Crippen molar-refractivity contribution < 1.29 is 9.84 Å². The van der Waals surface area contributed by atoms with E-state index in [1.807, 2.05) is 30.3 Å². The number of piperazine rings is 1. The van der Waals surface area contributed by atoms with Gasteiger partial charge in [-0.2, -0.15) is 0 Å². The first-order valence-corrected chi connectivity index (χ1v) is 9.65. The van der Waals surface area contributed by atoms with Gasteiger partial charge < -0.3 is 9.84 Å². The van der Waals surface area contributed by atoms with E-state index in [9.17, 15) is 5.11 Å². The van der Waals surface area contributed by atoms with Crippen molar-refractivity contribution in [2.45, 2.75) is 32.1 Å². The van der Waals surface area contributed by atoms with Crippen LogP contribution in [0.2, 0.25) is 0 Å². The molecule has 0 radical (unpaired) electrons. The number of morpholine rings is 1.